The minimum atomic E-state index is -0.483. The summed E-state index contributed by atoms with van der Waals surface area (Å²) >= 11 is 0. The van der Waals surface area contributed by atoms with E-state index in [1.54, 1.807) is 18.2 Å². The Bertz CT molecular complexity index is 1650. The average molecular weight is 445 g/mol. The number of halogens is 1. The lowest BCUT2D eigenvalue weighted by Crippen LogP contribution is -2.16. The van der Waals surface area contributed by atoms with Crippen LogP contribution in [0.1, 0.15) is 5.56 Å². The van der Waals surface area contributed by atoms with Gasteiger partial charge in [-0.1, -0.05) is 84.9 Å². The maximum absolute atomic E-state index is 14.4. The van der Waals surface area contributed by atoms with E-state index < -0.39 is 5.82 Å². The first-order chi connectivity index (χ1) is 16.7. The first-order valence-electron chi connectivity index (χ1n) is 11.1. The predicted molar refractivity (Wildman–Crippen MR) is 133 cm³/mol. The van der Waals surface area contributed by atoms with E-state index in [1.807, 2.05) is 48.7 Å². The van der Waals surface area contributed by atoms with Crippen LogP contribution in [0.2, 0.25) is 0 Å². The van der Waals surface area contributed by atoms with Crippen molar-refractivity contribution < 1.29 is 4.39 Å². The maximum atomic E-state index is 14.4. The summed E-state index contributed by atoms with van der Waals surface area (Å²) in [7, 11) is 0. The minimum absolute atomic E-state index is 0.149. The van der Waals surface area contributed by atoms with E-state index in [2.05, 4.69) is 46.1 Å². The number of hydrogen-bond donors (Lipinski definition) is 0. The standard InChI is InChI=1S/C29H20FN3O/c30-25-11-5-7-13-27(25)33-29(34)24-19-32(26-12-6-4-10-23(26)28(24)31-33)18-20-14-16-22(17-15-20)21-8-2-1-3-9-21/h1-17,19H,18H2. The fourth-order valence-electron chi connectivity index (χ4n) is 4.43. The molecular weight excluding hydrogens is 425 g/mol. The van der Waals surface area contributed by atoms with Gasteiger partial charge < -0.3 is 4.57 Å². The van der Waals surface area contributed by atoms with Crippen LogP contribution in [0.5, 0.6) is 0 Å². The van der Waals surface area contributed by atoms with Crippen molar-refractivity contribution in [3.05, 3.63) is 131 Å². The minimum Gasteiger partial charge on any atom is -0.342 e. The van der Waals surface area contributed by atoms with Crippen molar-refractivity contribution >= 4 is 10.9 Å². The van der Waals surface area contributed by atoms with Gasteiger partial charge in [0.2, 0.25) is 0 Å². The van der Waals surface area contributed by atoms with Crippen molar-refractivity contribution in [2.45, 2.75) is 6.54 Å². The number of nitrogens with zero attached hydrogens (tertiary/aromatic N) is 3. The molecule has 0 atom stereocenters. The highest BCUT2D eigenvalue weighted by molar-refractivity contribution is 5.93. The molecule has 2 heterocycles. The molecule has 4 aromatic carbocycles. The molecule has 5 heteroatoms. The Kier molecular flexibility index (Phi) is 4.81. The fraction of sp³-hybridized carbons (Fsp3) is 0.0345. The van der Waals surface area contributed by atoms with Gasteiger partial charge in [0.15, 0.2) is 0 Å². The zero-order valence-electron chi connectivity index (χ0n) is 18.2. The van der Waals surface area contributed by atoms with E-state index in [4.69, 9.17) is 0 Å². The van der Waals surface area contributed by atoms with E-state index in [0.29, 0.717) is 17.8 Å². The summed E-state index contributed by atoms with van der Waals surface area (Å²) in [6.45, 7) is 0.593. The van der Waals surface area contributed by atoms with E-state index in [0.717, 1.165) is 26.7 Å². The molecule has 2 aliphatic heterocycles. The van der Waals surface area contributed by atoms with Gasteiger partial charge in [-0.15, -0.1) is 0 Å². The summed E-state index contributed by atoms with van der Waals surface area (Å²) in [6.07, 6.45) is 1.83. The van der Waals surface area contributed by atoms with Crippen molar-refractivity contribution in [1.82, 2.24) is 14.3 Å². The van der Waals surface area contributed by atoms with E-state index >= 15 is 0 Å². The first kappa shape index (κ1) is 20.1. The maximum Gasteiger partial charge on any atom is 0.282 e. The number of fused-ring (bicyclic) bond motifs is 3. The van der Waals surface area contributed by atoms with Crippen LogP contribution in [0.15, 0.2) is 114 Å². The van der Waals surface area contributed by atoms with Gasteiger partial charge in [-0.25, -0.2) is 4.39 Å². The number of hydrogen-bond acceptors (Lipinski definition) is 2. The van der Waals surface area contributed by atoms with Crippen LogP contribution in [-0.4, -0.2) is 14.3 Å². The predicted octanol–water partition coefficient (Wildman–Crippen LogP) is 6.15. The second kappa shape index (κ2) is 8.12. The molecule has 0 spiro atoms. The van der Waals surface area contributed by atoms with Crippen LogP contribution in [0, 0.1) is 5.82 Å². The number of benzene rings is 4. The molecule has 2 aliphatic rings. The molecule has 0 saturated heterocycles. The Morgan fingerprint density at radius 2 is 1.41 bits per heavy atom. The van der Waals surface area contributed by atoms with E-state index in [-0.39, 0.29) is 11.2 Å². The van der Waals surface area contributed by atoms with Crippen LogP contribution in [-0.2, 0) is 6.54 Å². The van der Waals surface area contributed by atoms with Crippen molar-refractivity contribution in [1.29, 1.82) is 0 Å². The van der Waals surface area contributed by atoms with Gasteiger partial charge in [0.25, 0.3) is 5.56 Å². The molecule has 0 bridgehead atoms. The monoisotopic (exact) mass is 445 g/mol. The quantitative estimate of drug-likeness (QED) is 0.327. The third-order valence-electron chi connectivity index (χ3n) is 6.13. The Morgan fingerprint density at radius 3 is 2.21 bits per heavy atom. The molecule has 4 nitrogen and oxygen atoms in total. The van der Waals surface area contributed by atoms with Gasteiger partial charge in [-0.2, -0.15) is 9.78 Å². The molecule has 6 rings (SSSR count). The molecular formula is C29H20FN3O. The molecule has 0 unspecified atom stereocenters. The first-order valence-corrected chi connectivity index (χ1v) is 11.1. The van der Waals surface area contributed by atoms with E-state index in [9.17, 15) is 9.18 Å². The van der Waals surface area contributed by atoms with Crippen LogP contribution >= 0.6 is 0 Å². The molecule has 0 amide bonds. The zero-order chi connectivity index (χ0) is 23.1. The van der Waals surface area contributed by atoms with E-state index in [1.165, 1.54) is 11.6 Å². The third kappa shape index (κ3) is 3.39. The lowest BCUT2D eigenvalue weighted by molar-refractivity contribution is 0.609. The van der Waals surface area contributed by atoms with Gasteiger partial charge in [0.1, 0.15) is 17.2 Å². The number of rotatable bonds is 4. The highest BCUT2D eigenvalue weighted by atomic mass is 19.1. The Balaban J connectivity index is 1.46. The van der Waals surface area contributed by atoms with Gasteiger partial charge in [-0.3, -0.25) is 4.79 Å². The van der Waals surface area contributed by atoms with Gasteiger partial charge in [0.05, 0.1) is 11.1 Å². The highest BCUT2D eigenvalue weighted by Gasteiger charge is 2.22. The Morgan fingerprint density at radius 1 is 0.735 bits per heavy atom. The van der Waals surface area contributed by atoms with Crippen LogP contribution in [0.4, 0.5) is 4.39 Å². The molecule has 0 saturated carbocycles. The number of aromatic nitrogens is 3. The van der Waals surface area contributed by atoms with Crippen LogP contribution in [0.25, 0.3) is 39.0 Å². The molecule has 0 fully saturated rings. The van der Waals surface area contributed by atoms with Crippen molar-refractivity contribution in [3.63, 3.8) is 0 Å². The molecule has 164 valence electrons. The van der Waals surface area contributed by atoms with Gasteiger partial charge in [0, 0.05) is 18.1 Å². The summed E-state index contributed by atoms with van der Waals surface area (Å²) in [5, 5.41) is 5.37. The lowest BCUT2D eigenvalue weighted by Gasteiger charge is -2.14. The van der Waals surface area contributed by atoms with Crippen molar-refractivity contribution in [2.24, 2.45) is 0 Å². The molecule has 0 N–H and O–H groups in total. The normalized spacial score (nSPS) is 11.3. The largest absolute Gasteiger partial charge is 0.342 e. The van der Waals surface area contributed by atoms with Gasteiger partial charge in [-0.05, 0) is 34.9 Å². The second-order valence-electron chi connectivity index (χ2n) is 8.27. The topological polar surface area (TPSA) is 39.8 Å². The molecule has 4 aromatic rings. The summed E-state index contributed by atoms with van der Waals surface area (Å²) in [5.74, 6) is -0.483. The third-order valence-corrected chi connectivity index (χ3v) is 6.13. The Labute approximate surface area is 195 Å². The summed E-state index contributed by atoms with van der Waals surface area (Å²) < 4.78 is 17.6. The number of pyridine rings is 1. The molecule has 0 aliphatic carbocycles. The summed E-state index contributed by atoms with van der Waals surface area (Å²) in [4.78, 5) is 13.3. The zero-order valence-corrected chi connectivity index (χ0v) is 18.2. The molecule has 34 heavy (non-hydrogen) atoms. The highest BCUT2D eigenvalue weighted by Crippen LogP contribution is 2.29. The Hall–Kier alpha value is -4.51. The second-order valence-corrected chi connectivity index (χ2v) is 8.27. The van der Waals surface area contributed by atoms with Crippen LogP contribution in [0.3, 0.4) is 0 Å². The number of para-hydroxylation sites is 2. The fourth-order valence-corrected chi connectivity index (χ4v) is 4.43. The summed E-state index contributed by atoms with van der Waals surface area (Å²) in [5.41, 5.74) is 5.24. The van der Waals surface area contributed by atoms with Gasteiger partial charge >= 0.3 is 0 Å². The average Bonchev–Trinajstić information content (AvgIpc) is 3.21. The summed E-state index contributed by atoms with van der Waals surface area (Å²) in [6, 6.07) is 32.7. The SMILES string of the molecule is O=c1c2cn(Cc3ccc(-c4ccccc4)cc3)c3ccccc3c-2nn1-c1ccccc1F. The molecule has 0 radical (unpaired) electrons. The van der Waals surface area contributed by atoms with Crippen molar-refractivity contribution in [3.8, 4) is 28.1 Å². The van der Waals surface area contributed by atoms with Crippen molar-refractivity contribution in [2.75, 3.05) is 0 Å². The molecule has 0 aromatic heterocycles. The lowest BCUT2D eigenvalue weighted by atomic mass is 10.0. The van der Waals surface area contributed by atoms with Crippen LogP contribution < -0.4 is 5.56 Å². The smallest absolute Gasteiger partial charge is 0.282 e.